The molecule has 1 saturated heterocycles. The predicted octanol–water partition coefficient (Wildman–Crippen LogP) is 1.29. The number of ether oxygens (including phenoxy) is 1. The molecule has 2 aliphatic rings. The quantitative estimate of drug-likeness (QED) is 0.478. The Morgan fingerprint density at radius 1 is 1.25 bits per heavy atom. The van der Waals surface area contributed by atoms with Gasteiger partial charge in [0.25, 0.3) is 0 Å². The van der Waals surface area contributed by atoms with Gasteiger partial charge in [-0.15, -0.1) is 0 Å². The fourth-order valence-corrected chi connectivity index (χ4v) is 2.24. The maximum absolute atomic E-state index is 5.49. The molecule has 2 fully saturated rings. The predicted molar refractivity (Wildman–Crippen MR) is 56.9 cm³/mol. The van der Waals surface area contributed by atoms with Gasteiger partial charge in [0.05, 0.1) is 12.2 Å². The van der Waals surface area contributed by atoms with Crippen LogP contribution < -0.4 is 0 Å². The van der Waals surface area contributed by atoms with Gasteiger partial charge in [0.2, 0.25) is 0 Å². The SMILES string of the molecule is CCCCC1CCC2OC2C1.[SiH4]. The van der Waals surface area contributed by atoms with Crippen LogP contribution in [0.25, 0.3) is 0 Å². The van der Waals surface area contributed by atoms with Gasteiger partial charge in [0, 0.05) is 0 Å². The average molecular weight is 186 g/mol. The number of rotatable bonds is 3. The van der Waals surface area contributed by atoms with Crippen LogP contribution in [0.2, 0.25) is 0 Å². The lowest BCUT2D eigenvalue weighted by Crippen LogP contribution is -2.12. The second-order valence-electron chi connectivity index (χ2n) is 4.03. The molecule has 0 spiro atoms. The van der Waals surface area contributed by atoms with Crippen molar-refractivity contribution in [2.75, 3.05) is 0 Å². The normalized spacial score (nSPS) is 38.2. The molecule has 72 valence electrons. The van der Waals surface area contributed by atoms with Crippen LogP contribution in [0.15, 0.2) is 0 Å². The molecule has 0 bridgehead atoms. The van der Waals surface area contributed by atoms with Crippen molar-refractivity contribution in [3.63, 3.8) is 0 Å². The summed E-state index contributed by atoms with van der Waals surface area (Å²) >= 11 is 0. The zero-order chi connectivity index (χ0) is 7.68. The van der Waals surface area contributed by atoms with Crippen molar-refractivity contribution in [2.24, 2.45) is 5.92 Å². The molecule has 2 rings (SSSR count). The molecule has 1 aliphatic heterocycles. The van der Waals surface area contributed by atoms with E-state index in [4.69, 9.17) is 4.74 Å². The van der Waals surface area contributed by atoms with Gasteiger partial charge in [0.1, 0.15) is 0 Å². The first-order chi connectivity index (χ1) is 5.40. The van der Waals surface area contributed by atoms with Crippen LogP contribution in [0.1, 0.15) is 45.4 Å². The third-order valence-electron chi connectivity index (χ3n) is 3.08. The minimum absolute atomic E-state index is 0. The molecule has 3 unspecified atom stereocenters. The number of unbranched alkanes of at least 4 members (excludes halogenated alkanes) is 1. The molecular formula is C10H22OSi. The summed E-state index contributed by atoms with van der Waals surface area (Å²) < 4.78 is 5.49. The molecule has 1 nitrogen and oxygen atoms in total. The molecule has 1 saturated carbocycles. The number of hydrogen-bond donors (Lipinski definition) is 0. The smallest absolute Gasteiger partial charge is 0.0844 e. The Morgan fingerprint density at radius 2 is 2.08 bits per heavy atom. The number of epoxide rings is 1. The van der Waals surface area contributed by atoms with Crippen LogP contribution >= 0.6 is 0 Å². The molecule has 0 aromatic carbocycles. The van der Waals surface area contributed by atoms with Gasteiger partial charge < -0.3 is 4.74 Å². The van der Waals surface area contributed by atoms with Gasteiger partial charge in [-0.05, 0) is 36.1 Å². The molecule has 1 aliphatic carbocycles. The lowest BCUT2D eigenvalue weighted by molar-refractivity contribution is 0.346. The first kappa shape index (κ1) is 10.3. The molecule has 12 heavy (non-hydrogen) atoms. The largest absolute Gasteiger partial charge is 0.370 e. The van der Waals surface area contributed by atoms with Crippen molar-refractivity contribution >= 4 is 11.0 Å². The Bertz CT molecular complexity index is 138. The highest BCUT2D eigenvalue weighted by Crippen LogP contribution is 2.40. The van der Waals surface area contributed by atoms with E-state index in [1.807, 2.05) is 0 Å². The minimum Gasteiger partial charge on any atom is -0.370 e. The van der Waals surface area contributed by atoms with Gasteiger partial charge in [-0.3, -0.25) is 0 Å². The minimum atomic E-state index is 0. The molecule has 2 heteroatoms. The summed E-state index contributed by atoms with van der Waals surface area (Å²) in [6.45, 7) is 2.28. The van der Waals surface area contributed by atoms with E-state index in [1.165, 1.54) is 38.5 Å². The Labute approximate surface area is 79.9 Å². The van der Waals surface area contributed by atoms with Crippen LogP contribution in [0, 0.1) is 5.92 Å². The monoisotopic (exact) mass is 186 g/mol. The zero-order valence-corrected chi connectivity index (χ0v) is 7.38. The molecule has 0 N–H and O–H groups in total. The van der Waals surface area contributed by atoms with Gasteiger partial charge >= 0.3 is 0 Å². The van der Waals surface area contributed by atoms with Crippen LogP contribution in [-0.2, 0) is 4.74 Å². The second-order valence-corrected chi connectivity index (χ2v) is 4.03. The van der Waals surface area contributed by atoms with Gasteiger partial charge in [0.15, 0.2) is 0 Å². The van der Waals surface area contributed by atoms with E-state index < -0.39 is 0 Å². The maximum Gasteiger partial charge on any atom is 0.0844 e. The van der Waals surface area contributed by atoms with Crippen molar-refractivity contribution < 1.29 is 4.74 Å². The number of fused-ring (bicyclic) bond motifs is 1. The highest BCUT2D eigenvalue weighted by molar-refractivity contribution is 5.75. The van der Waals surface area contributed by atoms with Crippen LogP contribution in [0.4, 0.5) is 0 Å². The molecule has 3 atom stereocenters. The van der Waals surface area contributed by atoms with Gasteiger partial charge in [-0.25, -0.2) is 0 Å². The topological polar surface area (TPSA) is 12.5 Å². The van der Waals surface area contributed by atoms with E-state index in [0.29, 0.717) is 12.2 Å². The first-order valence-corrected chi connectivity index (χ1v) is 5.05. The summed E-state index contributed by atoms with van der Waals surface area (Å²) in [7, 11) is 0. The highest BCUT2D eigenvalue weighted by Gasteiger charge is 2.43. The van der Waals surface area contributed by atoms with Crippen LogP contribution in [0.5, 0.6) is 0 Å². The molecule has 0 aromatic rings. The van der Waals surface area contributed by atoms with Crippen LogP contribution in [-0.4, -0.2) is 23.2 Å². The Balaban J connectivity index is 0.000000720. The van der Waals surface area contributed by atoms with Gasteiger partial charge in [-0.2, -0.15) is 0 Å². The Morgan fingerprint density at radius 3 is 2.75 bits per heavy atom. The molecular weight excluding hydrogens is 164 g/mol. The maximum atomic E-state index is 5.49. The molecule has 0 radical (unpaired) electrons. The Hall–Kier alpha value is 0.177. The summed E-state index contributed by atoms with van der Waals surface area (Å²) in [5.41, 5.74) is 0. The highest BCUT2D eigenvalue weighted by atomic mass is 28.1. The second kappa shape index (κ2) is 4.42. The van der Waals surface area contributed by atoms with Crippen molar-refractivity contribution in [2.45, 2.75) is 57.7 Å². The number of hydrogen-bond acceptors (Lipinski definition) is 1. The van der Waals surface area contributed by atoms with Crippen molar-refractivity contribution in [3.8, 4) is 0 Å². The van der Waals surface area contributed by atoms with E-state index in [0.717, 1.165) is 5.92 Å². The summed E-state index contributed by atoms with van der Waals surface area (Å²) in [5.74, 6) is 0.999. The van der Waals surface area contributed by atoms with E-state index in [1.54, 1.807) is 0 Å². The van der Waals surface area contributed by atoms with E-state index in [2.05, 4.69) is 6.92 Å². The summed E-state index contributed by atoms with van der Waals surface area (Å²) in [6.07, 6.45) is 9.74. The fraction of sp³-hybridized carbons (Fsp3) is 1.00. The average Bonchev–Trinajstić information content (AvgIpc) is 2.78. The first-order valence-electron chi connectivity index (χ1n) is 5.05. The van der Waals surface area contributed by atoms with Crippen molar-refractivity contribution in [1.29, 1.82) is 0 Å². The lowest BCUT2D eigenvalue weighted by atomic mass is 9.86. The standard InChI is InChI=1S/C10H18O.H4Si/c1-2-3-4-8-5-6-9-10(7-8)11-9;/h8-10H,2-7H2,1H3;1H4. The van der Waals surface area contributed by atoms with E-state index in [-0.39, 0.29) is 11.0 Å². The van der Waals surface area contributed by atoms with Crippen molar-refractivity contribution in [1.82, 2.24) is 0 Å². The summed E-state index contributed by atoms with van der Waals surface area (Å²) in [6, 6.07) is 0. The molecule has 0 aromatic heterocycles. The summed E-state index contributed by atoms with van der Waals surface area (Å²) in [5, 5.41) is 0. The molecule has 0 amide bonds. The third-order valence-corrected chi connectivity index (χ3v) is 3.08. The molecule has 1 heterocycles. The van der Waals surface area contributed by atoms with Gasteiger partial charge in [-0.1, -0.05) is 26.2 Å². The van der Waals surface area contributed by atoms with Crippen LogP contribution in [0.3, 0.4) is 0 Å². The van der Waals surface area contributed by atoms with E-state index in [9.17, 15) is 0 Å². The third kappa shape index (κ3) is 2.33. The zero-order valence-electron chi connectivity index (χ0n) is 7.38. The van der Waals surface area contributed by atoms with Crippen molar-refractivity contribution in [3.05, 3.63) is 0 Å². The lowest BCUT2D eigenvalue weighted by Gasteiger charge is -2.17. The summed E-state index contributed by atoms with van der Waals surface area (Å²) in [4.78, 5) is 0. The fourth-order valence-electron chi connectivity index (χ4n) is 2.24. The Kier molecular flexibility index (Phi) is 3.78. The van der Waals surface area contributed by atoms with E-state index >= 15 is 0 Å².